The van der Waals surface area contributed by atoms with Gasteiger partial charge in [-0.25, -0.2) is 0 Å². The maximum absolute atomic E-state index is 5.50. The van der Waals surface area contributed by atoms with Gasteiger partial charge in [-0.3, -0.25) is 0 Å². The molecule has 0 aliphatic heterocycles. The second-order valence-electron chi connectivity index (χ2n) is 3.39. The van der Waals surface area contributed by atoms with Crippen molar-refractivity contribution < 1.29 is 4.74 Å². The molecule has 0 spiro atoms. The summed E-state index contributed by atoms with van der Waals surface area (Å²) in [4.78, 5) is 0. The highest BCUT2D eigenvalue weighted by Gasteiger charge is 2.09. The average molecular weight is 197 g/mol. The van der Waals surface area contributed by atoms with E-state index in [1.54, 1.807) is 0 Å². The van der Waals surface area contributed by atoms with Gasteiger partial charge in [-0.2, -0.15) is 0 Å². The average Bonchev–Trinajstić information content (AvgIpc) is 2.18. The summed E-state index contributed by atoms with van der Waals surface area (Å²) < 4.78 is 5.24. The van der Waals surface area contributed by atoms with Crippen LogP contribution in [0.5, 0.6) is 5.75 Å². The fourth-order valence-electron chi connectivity index (χ4n) is 1.86. The van der Waals surface area contributed by atoms with Crippen LogP contribution in [0.2, 0.25) is 0 Å². The lowest BCUT2D eigenvalue weighted by Gasteiger charge is -2.16. The molecule has 0 saturated carbocycles. The lowest BCUT2D eigenvalue weighted by atomic mass is 9.92. The van der Waals surface area contributed by atoms with Gasteiger partial charge >= 0.3 is 0 Å². The minimum atomic E-state index is 0.235. The number of hydrogen-bond acceptors (Lipinski definition) is 1. The first-order valence-electron chi connectivity index (χ1n) is 4.71. The van der Waals surface area contributed by atoms with Gasteiger partial charge in [0.15, 0.2) is 6.07 Å². The minimum Gasteiger partial charge on any atom is -0.478 e. The van der Waals surface area contributed by atoms with Gasteiger partial charge in [0.1, 0.15) is 5.75 Å². The molecule has 13 heavy (non-hydrogen) atoms. The molecule has 70 valence electrons. The van der Waals surface area contributed by atoms with Crippen LogP contribution in [-0.4, -0.2) is 6.07 Å². The molecule has 1 nitrogen and oxygen atoms in total. The van der Waals surface area contributed by atoms with Crippen molar-refractivity contribution in [3.63, 3.8) is 0 Å². The standard InChI is InChI=1S/C11H13ClO/c12-8-13-11-6-5-9-3-1-2-4-10(9)7-11/h5-7H,1-4,8H2. The van der Waals surface area contributed by atoms with Crippen molar-refractivity contribution >= 4 is 11.6 Å². The van der Waals surface area contributed by atoms with E-state index in [9.17, 15) is 0 Å². The molecule has 0 radical (unpaired) electrons. The van der Waals surface area contributed by atoms with Crippen molar-refractivity contribution in [2.24, 2.45) is 0 Å². The normalized spacial score (nSPS) is 15.2. The zero-order valence-electron chi connectivity index (χ0n) is 7.55. The molecule has 2 heteroatoms. The van der Waals surface area contributed by atoms with Crippen molar-refractivity contribution in [2.45, 2.75) is 25.7 Å². The minimum absolute atomic E-state index is 0.235. The summed E-state index contributed by atoms with van der Waals surface area (Å²) in [5.41, 5.74) is 2.92. The highest BCUT2D eigenvalue weighted by molar-refractivity contribution is 6.17. The van der Waals surface area contributed by atoms with Gasteiger partial charge in [-0.15, -0.1) is 0 Å². The quantitative estimate of drug-likeness (QED) is 0.661. The van der Waals surface area contributed by atoms with Crippen molar-refractivity contribution in [3.05, 3.63) is 29.3 Å². The number of hydrogen-bond donors (Lipinski definition) is 0. The Hall–Kier alpha value is -0.690. The van der Waals surface area contributed by atoms with E-state index in [0.717, 1.165) is 5.75 Å². The van der Waals surface area contributed by atoms with Gasteiger partial charge < -0.3 is 4.74 Å². The van der Waals surface area contributed by atoms with Crippen LogP contribution in [-0.2, 0) is 12.8 Å². The predicted octanol–water partition coefficient (Wildman–Crippen LogP) is 3.14. The summed E-state index contributed by atoms with van der Waals surface area (Å²) in [6, 6.07) is 6.53. The molecular weight excluding hydrogens is 184 g/mol. The third-order valence-corrected chi connectivity index (χ3v) is 2.65. The third kappa shape index (κ3) is 1.97. The summed E-state index contributed by atoms with van der Waals surface area (Å²) in [6.45, 7) is 0. The van der Waals surface area contributed by atoms with E-state index in [0.29, 0.717) is 0 Å². The fourth-order valence-corrected chi connectivity index (χ4v) is 1.99. The molecule has 1 aromatic rings. The highest BCUT2D eigenvalue weighted by atomic mass is 35.5. The van der Waals surface area contributed by atoms with Crippen LogP contribution < -0.4 is 4.74 Å². The molecule has 1 aliphatic rings. The number of ether oxygens (including phenoxy) is 1. The molecule has 0 unspecified atom stereocenters. The molecule has 0 N–H and O–H groups in total. The van der Waals surface area contributed by atoms with Crippen molar-refractivity contribution in [1.82, 2.24) is 0 Å². The second kappa shape index (κ2) is 4.01. The maximum atomic E-state index is 5.50. The summed E-state index contributed by atoms with van der Waals surface area (Å²) in [5, 5.41) is 0. The Bertz CT molecular complexity index is 296. The van der Waals surface area contributed by atoms with Gasteiger partial charge in [0.05, 0.1) is 0 Å². The van der Waals surface area contributed by atoms with E-state index in [1.807, 2.05) is 6.07 Å². The predicted molar refractivity (Wildman–Crippen MR) is 54.4 cm³/mol. The zero-order valence-corrected chi connectivity index (χ0v) is 8.31. The third-order valence-electron chi connectivity index (χ3n) is 2.54. The first kappa shape index (κ1) is 8.89. The molecule has 0 atom stereocenters. The topological polar surface area (TPSA) is 9.23 Å². The largest absolute Gasteiger partial charge is 0.478 e. The molecule has 0 fully saturated rings. The van der Waals surface area contributed by atoms with Crippen LogP contribution in [0.1, 0.15) is 24.0 Å². The van der Waals surface area contributed by atoms with Crippen LogP contribution in [0.15, 0.2) is 18.2 Å². The monoisotopic (exact) mass is 196 g/mol. The molecular formula is C11H13ClO. The van der Waals surface area contributed by atoms with Gasteiger partial charge in [-0.1, -0.05) is 17.7 Å². The van der Waals surface area contributed by atoms with E-state index in [2.05, 4.69) is 12.1 Å². The Morgan fingerprint density at radius 2 is 1.92 bits per heavy atom. The number of aryl methyl sites for hydroxylation is 2. The van der Waals surface area contributed by atoms with Crippen LogP contribution >= 0.6 is 11.6 Å². The van der Waals surface area contributed by atoms with Crippen molar-refractivity contribution in [1.29, 1.82) is 0 Å². The van der Waals surface area contributed by atoms with E-state index in [4.69, 9.17) is 16.3 Å². The number of alkyl halides is 1. The molecule has 2 rings (SSSR count). The van der Waals surface area contributed by atoms with Crippen LogP contribution in [0.3, 0.4) is 0 Å². The molecule has 1 aromatic carbocycles. The second-order valence-corrected chi connectivity index (χ2v) is 3.61. The van der Waals surface area contributed by atoms with Crippen LogP contribution in [0.25, 0.3) is 0 Å². The number of benzene rings is 1. The van der Waals surface area contributed by atoms with Gasteiger partial charge in [0.25, 0.3) is 0 Å². The van der Waals surface area contributed by atoms with Crippen molar-refractivity contribution in [3.8, 4) is 5.75 Å². The van der Waals surface area contributed by atoms with E-state index in [-0.39, 0.29) is 6.07 Å². The maximum Gasteiger partial charge on any atom is 0.162 e. The highest BCUT2D eigenvalue weighted by Crippen LogP contribution is 2.25. The molecule has 0 aromatic heterocycles. The Morgan fingerprint density at radius 3 is 2.69 bits per heavy atom. The molecule has 0 bridgehead atoms. The van der Waals surface area contributed by atoms with Crippen LogP contribution in [0, 0.1) is 0 Å². The number of halogens is 1. The van der Waals surface area contributed by atoms with E-state index >= 15 is 0 Å². The zero-order chi connectivity index (χ0) is 9.10. The molecule has 1 aliphatic carbocycles. The van der Waals surface area contributed by atoms with Crippen molar-refractivity contribution in [2.75, 3.05) is 6.07 Å². The lowest BCUT2D eigenvalue weighted by Crippen LogP contribution is -2.02. The summed E-state index contributed by atoms with van der Waals surface area (Å²) in [5.74, 6) is 0.899. The Labute approximate surface area is 83.7 Å². The van der Waals surface area contributed by atoms with Gasteiger partial charge in [0, 0.05) is 0 Å². The summed E-state index contributed by atoms with van der Waals surface area (Å²) >= 11 is 5.50. The Balaban J connectivity index is 2.24. The fraction of sp³-hybridized carbons (Fsp3) is 0.455. The van der Waals surface area contributed by atoms with Crippen LogP contribution in [0.4, 0.5) is 0 Å². The Morgan fingerprint density at radius 1 is 1.15 bits per heavy atom. The first-order chi connectivity index (χ1) is 6.40. The van der Waals surface area contributed by atoms with E-state index in [1.165, 1.54) is 36.8 Å². The SMILES string of the molecule is ClCOc1ccc2c(c1)CCCC2. The molecule has 0 amide bonds. The number of fused-ring (bicyclic) bond motifs is 1. The number of rotatable bonds is 2. The molecule has 0 saturated heterocycles. The Kier molecular flexibility index (Phi) is 2.74. The van der Waals surface area contributed by atoms with Gasteiger partial charge in [0.2, 0.25) is 0 Å². The summed E-state index contributed by atoms with van der Waals surface area (Å²) in [6.07, 6.45) is 5.03. The first-order valence-corrected chi connectivity index (χ1v) is 5.24. The van der Waals surface area contributed by atoms with Gasteiger partial charge in [-0.05, 0) is 48.9 Å². The summed E-state index contributed by atoms with van der Waals surface area (Å²) in [7, 11) is 0. The van der Waals surface area contributed by atoms with E-state index < -0.39 is 0 Å². The molecule has 0 heterocycles. The smallest absolute Gasteiger partial charge is 0.162 e. The lowest BCUT2D eigenvalue weighted by molar-refractivity contribution is 0.387.